The van der Waals surface area contributed by atoms with E-state index in [1.165, 1.54) is 6.07 Å². The van der Waals surface area contributed by atoms with Gasteiger partial charge < -0.3 is 14.2 Å². The molecule has 4 heteroatoms. The molecule has 0 heterocycles. The topological polar surface area (TPSA) is 27.7 Å². The smallest absolute Gasteiger partial charge is 0.129 e. The fourth-order valence-electron chi connectivity index (χ4n) is 2.49. The number of aryl methyl sites for hydroxylation is 1. The highest BCUT2D eigenvalue weighted by atomic mass is 19.1. The van der Waals surface area contributed by atoms with E-state index in [0.717, 1.165) is 41.9 Å². The van der Waals surface area contributed by atoms with Crippen molar-refractivity contribution in [1.82, 2.24) is 0 Å². The van der Waals surface area contributed by atoms with Crippen LogP contribution in [0, 0.1) is 5.82 Å². The Morgan fingerprint density at radius 1 is 0.864 bits per heavy atom. The Morgan fingerprint density at radius 3 is 2.09 bits per heavy atom. The Hall–Kier alpha value is -2.23. The van der Waals surface area contributed by atoms with Crippen molar-refractivity contribution in [2.75, 3.05) is 21.3 Å². The molecule has 0 aliphatic carbocycles. The van der Waals surface area contributed by atoms with Gasteiger partial charge in [0.05, 0.1) is 21.3 Å². The van der Waals surface area contributed by atoms with Crippen LogP contribution in [0.3, 0.4) is 0 Å². The first-order valence-corrected chi connectivity index (χ1v) is 7.21. The third-order valence-electron chi connectivity index (χ3n) is 3.60. The van der Waals surface area contributed by atoms with Gasteiger partial charge in [-0.25, -0.2) is 4.39 Å². The molecule has 2 aromatic carbocycles. The molecule has 0 bridgehead atoms. The molecule has 0 saturated heterocycles. The summed E-state index contributed by atoms with van der Waals surface area (Å²) in [6.07, 6.45) is 2.46. The van der Waals surface area contributed by atoms with E-state index in [4.69, 9.17) is 14.2 Å². The van der Waals surface area contributed by atoms with Crippen LogP contribution >= 0.6 is 0 Å². The molecular weight excluding hydrogens is 283 g/mol. The van der Waals surface area contributed by atoms with E-state index >= 15 is 0 Å². The summed E-state index contributed by atoms with van der Waals surface area (Å²) in [4.78, 5) is 0. The molecule has 0 aliphatic rings. The fourth-order valence-corrected chi connectivity index (χ4v) is 2.49. The monoisotopic (exact) mass is 304 g/mol. The summed E-state index contributed by atoms with van der Waals surface area (Å²) in [5.41, 5.74) is 1.99. The van der Waals surface area contributed by atoms with Gasteiger partial charge in [0.2, 0.25) is 0 Å². The lowest BCUT2D eigenvalue weighted by atomic mass is 10.0. The van der Waals surface area contributed by atoms with Gasteiger partial charge in [-0.1, -0.05) is 12.1 Å². The second-order valence-corrected chi connectivity index (χ2v) is 4.99. The normalized spacial score (nSPS) is 10.4. The summed E-state index contributed by atoms with van der Waals surface area (Å²) in [5.74, 6) is 1.99. The lowest BCUT2D eigenvalue weighted by Crippen LogP contribution is -1.99. The van der Waals surface area contributed by atoms with Gasteiger partial charge in [0.15, 0.2) is 0 Å². The Balaban J connectivity index is 2.11. The van der Waals surface area contributed by atoms with Crippen molar-refractivity contribution in [2.24, 2.45) is 0 Å². The predicted molar refractivity (Wildman–Crippen MR) is 84.5 cm³/mol. The van der Waals surface area contributed by atoms with Crippen molar-refractivity contribution < 1.29 is 18.6 Å². The summed E-state index contributed by atoms with van der Waals surface area (Å²) >= 11 is 0. The molecule has 0 N–H and O–H groups in total. The number of hydrogen-bond acceptors (Lipinski definition) is 3. The minimum atomic E-state index is -0.197. The third-order valence-corrected chi connectivity index (χ3v) is 3.60. The number of methoxy groups -OCH3 is 3. The maximum Gasteiger partial charge on any atom is 0.129 e. The summed E-state index contributed by atoms with van der Waals surface area (Å²) in [6.45, 7) is 0. The first kappa shape index (κ1) is 16.1. The van der Waals surface area contributed by atoms with Crippen LogP contribution in [0.5, 0.6) is 17.2 Å². The van der Waals surface area contributed by atoms with Gasteiger partial charge in [-0.2, -0.15) is 0 Å². The molecule has 0 aromatic heterocycles. The number of rotatable bonds is 7. The van der Waals surface area contributed by atoms with Crippen molar-refractivity contribution in [2.45, 2.75) is 19.3 Å². The minimum absolute atomic E-state index is 0.197. The lowest BCUT2D eigenvalue weighted by molar-refractivity contribution is 0.368. The summed E-state index contributed by atoms with van der Waals surface area (Å²) in [6, 6.07) is 10.4. The zero-order chi connectivity index (χ0) is 15.9. The van der Waals surface area contributed by atoms with E-state index in [1.807, 2.05) is 18.2 Å². The Morgan fingerprint density at radius 2 is 1.55 bits per heavy atom. The van der Waals surface area contributed by atoms with Gasteiger partial charge in [-0.15, -0.1) is 0 Å². The molecule has 0 amide bonds. The van der Waals surface area contributed by atoms with Crippen LogP contribution in [0.15, 0.2) is 36.4 Å². The van der Waals surface area contributed by atoms with Gasteiger partial charge in [0, 0.05) is 17.7 Å². The number of halogens is 1. The van der Waals surface area contributed by atoms with Crippen molar-refractivity contribution in [1.29, 1.82) is 0 Å². The van der Waals surface area contributed by atoms with Gasteiger partial charge in [0.25, 0.3) is 0 Å². The molecule has 2 rings (SSSR count). The zero-order valence-corrected chi connectivity index (χ0v) is 13.2. The molecule has 0 atom stereocenters. The van der Waals surface area contributed by atoms with Gasteiger partial charge in [-0.05, 0) is 37.0 Å². The number of ether oxygens (including phenoxy) is 3. The van der Waals surface area contributed by atoms with Crippen LogP contribution in [0.25, 0.3) is 0 Å². The van der Waals surface area contributed by atoms with E-state index in [2.05, 4.69) is 0 Å². The molecule has 2 aromatic rings. The average molecular weight is 304 g/mol. The number of benzene rings is 2. The third kappa shape index (κ3) is 3.91. The van der Waals surface area contributed by atoms with E-state index in [1.54, 1.807) is 33.5 Å². The molecule has 0 unspecified atom stereocenters. The molecule has 0 radical (unpaired) electrons. The summed E-state index contributed by atoms with van der Waals surface area (Å²) in [7, 11) is 4.87. The van der Waals surface area contributed by atoms with E-state index in [0.29, 0.717) is 5.75 Å². The standard InChI is InChI=1S/C18H21FO3/c1-20-15-11-17(21-2)16(18(12-15)22-3)9-5-7-13-6-4-8-14(19)10-13/h4,6,8,10-12H,5,7,9H2,1-3H3. The summed E-state index contributed by atoms with van der Waals surface area (Å²) in [5, 5.41) is 0. The Bertz CT molecular complexity index is 600. The first-order valence-electron chi connectivity index (χ1n) is 7.21. The highest BCUT2D eigenvalue weighted by molar-refractivity contribution is 5.50. The van der Waals surface area contributed by atoms with Gasteiger partial charge in [0.1, 0.15) is 23.1 Å². The Kier molecular flexibility index (Phi) is 5.64. The van der Waals surface area contributed by atoms with E-state index in [-0.39, 0.29) is 5.82 Å². The molecule has 0 aliphatic heterocycles. The molecule has 0 saturated carbocycles. The maximum atomic E-state index is 13.2. The quantitative estimate of drug-likeness (QED) is 0.773. The number of hydrogen-bond donors (Lipinski definition) is 0. The van der Waals surface area contributed by atoms with Gasteiger partial charge in [-0.3, -0.25) is 0 Å². The van der Waals surface area contributed by atoms with E-state index in [9.17, 15) is 4.39 Å². The largest absolute Gasteiger partial charge is 0.496 e. The molecular formula is C18H21FO3. The Labute approximate surface area is 130 Å². The molecule has 0 spiro atoms. The summed E-state index contributed by atoms with van der Waals surface area (Å²) < 4.78 is 29.3. The molecule has 22 heavy (non-hydrogen) atoms. The van der Waals surface area contributed by atoms with Crippen LogP contribution in [-0.4, -0.2) is 21.3 Å². The van der Waals surface area contributed by atoms with Gasteiger partial charge >= 0.3 is 0 Å². The van der Waals surface area contributed by atoms with Crippen molar-refractivity contribution in [3.8, 4) is 17.2 Å². The minimum Gasteiger partial charge on any atom is -0.496 e. The van der Waals surface area contributed by atoms with Crippen molar-refractivity contribution >= 4 is 0 Å². The zero-order valence-electron chi connectivity index (χ0n) is 13.2. The maximum absolute atomic E-state index is 13.2. The van der Waals surface area contributed by atoms with E-state index < -0.39 is 0 Å². The molecule has 3 nitrogen and oxygen atoms in total. The van der Waals surface area contributed by atoms with Crippen LogP contribution in [0.1, 0.15) is 17.5 Å². The molecule has 0 fully saturated rings. The van der Waals surface area contributed by atoms with Crippen LogP contribution in [0.2, 0.25) is 0 Å². The first-order chi connectivity index (χ1) is 10.7. The SMILES string of the molecule is COc1cc(OC)c(CCCc2cccc(F)c2)c(OC)c1. The second kappa shape index (κ2) is 7.69. The van der Waals surface area contributed by atoms with Crippen molar-refractivity contribution in [3.63, 3.8) is 0 Å². The van der Waals surface area contributed by atoms with Crippen LogP contribution < -0.4 is 14.2 Å². The second-order valence-electron chi connectivity index (χ2n) is 4.99. The van der Waals surface area contributed by atoms with Crippen molar-refractivity contribution in [3.05, 3.63) is 53.3 Å². The highest BCUT2D eigenvalue weighted by Crippen LogP contribution is 2.35. The lowest BCUT2D eigenvalue weighted by Gasteiger charge is -2.15. The highest BCUT2D eigenvalue weighted by Gasteiger charge is 2.13. The predicted octanol–water partition coefficient (Wildman–Crippen LogP) is 4.03. The van der Waals surface area contributed by atoms with Crippen LogP contribution in [-0.2, 0) is 12.8 Å². The fraction of sp³-hybridized carbons (Fsp3) is 0.333. The molecule has 118 valence electrons. The van der Waals surface area contributed by atoms with Crippen LogP contribution in [0.4, 0.5) is 4.39 Å². The average Bonchev–Trinajstić information content (AvgIpc) is 2.54.